The van der Waals surface area contributed by atoms with Gasteiger partial charge in [-0.15, -0.1) is 0 Å². The second-order valence-corrected chi connectivity index (χ2v) is 19.6. The third-order valence-electron chi connectivity index (χ3n) is 16.1. The van der Waals surface area contributed by atoms with Gasteiger partial charge in [-0.1, -0.05) is 152 Å². The summed E-state index contributed by atoms with van der Waals surface area (Å²) in [7, 11) is 0. The number of hydrogen-bond donors (Lipinski definition) is 0. The third-order valence-corrected chi connectivity index (χ3v) is 16.1. The van der Waals surface area contributed by atoms with Crippen LogP contribution in [0.4, 0.5) is 0 Å². The summed E-state index contributed by atoms with van der Waals surface area (Å²) >= 11 is 0. The van der Waals surface area contributed by atoms with Crippen LogP contribution in [0.2, 0.25) is 0 Å². The molecule has 2 bridgehead atoms. The van der Waals surface area contributed by atoms with Gasteiger partial charge in [0.1, 0.15) is 22.3 Å². The molecule has 0 saturated heterocycles. The van der Waals surface area contributed by atoms with Crippen molar-refractivity contribution >= 4 is 87.5 Å². The van der Waals surface area contributed by atoms with E-state index < -0.39 is 0 Å². The third kappa shape index (κ3) is 4.98. The molecule has 0 amide bonds. The lowest BCUT2D eigenvalue weighted by molar-refractivity contribution is 0.668. The lowest BCUT2D eigenvalue weighted by Gasteiger charge is -2.43. The lowest BCUT2D eigenvalue weighted by Crippen LogP contribution is -2.28. The topological polar surface area (TPSA) is 49.0 Å². The predicted molar refractivity (Wildman–Crippen MR) is 293 cm³/mol. The van der Waals surface area contributed by atoms with E-state index in [0.29, 0.717) is 0 Å². The van der Waals surface area contributed by atoms with Gasteiger partial charge in [0.25, 0.3) is 0 Å². The highest BCUT2D eigenvalue weighted by atomic mass is 16.3. The molecular weight excluding hydrogens is 879 g/mol. The van der Waals surface area contributed by atoms with E-state index in [1.165, 1.54) is 77.2 Å². The number of nitrogens with zero attached hydrogens (tertiary/aromatic N) is 3. The van der Waals surface area contributed by atoms with Gasteiger partial charge >= 0.3 is 0 Å². The zero-order valence-electron chi connectivity index (χ0n) is 38.7. The van der Waals surface area contributed by atoms with Crippen LogP contribution in [-0.4, -0.2) is 14.1 Å². The summed E-state index contributed by atoms with van der Waals surface area (Å²) in [6.07, 6.45) is 0. The molecule has 0 radical (unpaired) electrons. The lowest BCUT2D eigenvalue weighted by atomic mass is 9.59. The number of furan rings is 2. The fourth-order valence-electron chi connectivity index (χ4n) is 13.4. The van der Waals surface area contributed by atoms with Crippen molar-refractivity contribution in [2.45, 2.75) is 11.8 Å². The highest BCUT2D eigenvalue weighted by Gasteiger charge is 2.44. The Morgan fingerprint density at radius 2 is 0.750 bits per heavy atom. The first-order valence-corrected chi connectivity index (χ1v) is 24.8. The zero-order valence-corrected chi connectivity index (χ0v) is 38.7. The van der Waals surface area contributed by atoms with Gasteiger partial charge < -0.3 is 18.0 Å². The number of aromatic nitrogens is 3. The fraction of sp³-hybridized carbons (Fsp3) is 0.0299. The molecule has 334 valence electrons. The summed E-state index contributed by atoms with van der Waals surface area (Å²) in [6.45, 7) is 0. The van der Waals surface area contributed by atoms with Crippen LogP contribution >= 0.6 is 0 Å². The summed E-state index contributed by atoms with van der Waals surface area (Å²) in [4.78, 5) is 5.65. The van der Waals surface area contributed by atoms with Crippen molar-refractivity contribution < 1.29 is 8.83 Å². The standard InChI is InChI=1S/C67H39N3O2/c1-2-16-38(17-3-1)69-52-26-10-6-20-44(52)63-54(69)34-32-48-60-40-18-4-5-19-41(40)65(66(48)63)67-49(60)33-35-55-64(67)45-21-7-11-27-53(45)70(55)39-36-50(42-24-14-30-58-61(42)46-22-8-12-28-56(46)71-58)68-51(37-39)43-25-15-31-59-62(43)47-23-9-13-29-57(47)72-59/h1-37,60,65H. The van der Waals surface area contributed by atoms with E-state index in [4.69, 9.17) is 13.8 Å². The quantitative estimate of drug-likeness (QED) is 0.177. The summed E-state index contributed by atoms with van der Waals surface area (Å²) in [5, 5.41) is 9.41. The van der Waals surface area contributed by atoms with Crippen molar-refractivity contribution in [3.63, 3.8) is 0 Å². The van der Waals surface area contributed by atoms with Crippen LogP contribution in [0.5, 0.6) is 0 Å². The zero-order chi connectivity index (χ0) is 46.8. The van der Waals surface area contributed by atoms with Crippen molar-refractivity contribution in [3.05, 3.63) is 258 Å². The number of pyridine rings is 1. The first-order valence-electron chi connectivity index (χ1n) is 24.8. The Bertz CT molecular complexity index is 4700. The van der Waals surface area contributed by atoms with Gasteiger partial charge in [0.15, 0.2) is 0 Å². The summed E-state index contributed by atoms with van der Waals surface area (Å²) in [5.74, 6) is 0.0843. The van der Waals surface area contributed by atoms with Crippen LogP contribution in [-0.2, 0) is 0 Å². The molecule has 5 nitrogen and oxygen atoms in total. The van der Waals surface area contributed by atoms with Gasteiger partial charge in [-0.05, 0) is 106 Å². The molecule has 5 heteroatoms. The van der Waals surface area contributed by atoms with Gasteiger partial charge in [-0.25, -0.2) is 4.98 Å². The van der Waals surface area contributed by atoms with E-state index in [1.807, 2.05) is 24.3 Å². The molecule has 2 atom stereocenters. The van der Waals surface area contributed by atoms with E-state index in [1.54, 1.807) is 0 Å². The molecule has 0 fully saturated rings. The molecule has 5 aromatic heterocycles. The van der Waals surface area contributed by atoms with Crippen molar-refractivity contribution in [1.29, 1.82) is 0 Å². The van der Waals surface area contributed by atoms with Crippen LogP contribution in [0, 0.1) is 0 Å². The Morgan fingerprint density at radius 1 is 0.306 bits per heavy atom. The number of para-hydroxylation sites is 5. The van der Waals surface area contributed by atoms with E-state index in [9.17, 15) is 0 Å². The molecule has 0 spiro atoms. The molecule has 5 heterocycles. The minimum absolute atomic E-state index is 0.000367. The SMILES string of the molecule is c1ccc(-n2c3ccccc3c3c4c(ccc32)C2c3ccccc3C4c3c2ccc2c3c3ccccc3n2-c2cc(-c3cccc4oc5ccccc5c34)nc(-c3cccc4oc5ccccc5c34)c2)cc1. The first-order chi connectivity index (χ1) is 35.7. The van der Waals surface area contributed by atoms with Crippen molar-refractivity contribution in [3.8, 4) is 33.9 Å². The summed E-state index contributed by atoms with van der Waals surface area (Å²) in [6, 6.07) is 81.7. The van der Waals surface area contributed by atoms with E-state index >= 15 is 0 Å². The predicted octanol–water partition coefficient (Wildman–Crippen LogP) is 17.4. The molecule has 72 heavy (non-hydrogen) atoms. The first kappa shape index (κ1) is 38.4. The smallest absolute Gasteiger partial charge is 0.136 e. The minimum Gasteiger partial charge on any atom is -0.456 e. The molecule has 18 rings (SSSR count). The molecule has 3 aliphatic rings. The Hall–Kier alpha value is -9.45. The minimum atomic E-state index is 0.000367. The average Bonchev–Trinajstić information content (AvgIpc) is 4.21. The number of rotatable bonds is 4. The highest BCUT2D eigenvalue weighted by molar-refractivity contribution is 6.17. The van der Waals surface area contributed by atoms with Crippen LogP contribution in [0.15, 0.2) is 233 Å². The molecule has 0 aliphatic heterocycles. The Kier molecular flexibility index (Phi) is 7.52. The second-order valence-electron chi connectivity index (χ2n) is 19.6. The van der Waals surface area contributed by atoms with Crippen LogP contribution in [0.25, 0.3) is 121 Å². The molecule has 0 N–H and O–H groups in total. The molecule has 10 aromatic carbocycles. The van der Waals surface area contributed by atoms with Gasteiger partial charge in [0.2, 0.25) is 0 Å². The van der Waals surface area contributed by atoms with Crippen LogP contribution in [0.1, 0.15) is 45.2 Å². The van der Waals surface area contributed by atoms with Gasteiger partial charge in [-0.2, -0.15) is 0 Å². The Balaban J connectivity index is 0.976. The van der Waals surface area contributed by atoms with Crippen molar-refractivity contribution in [2.24, 2.45) is 0 Å². The van der Waals surface area contributed by atoms with Crippen LogP contribution in [0.3, 0.4) is 0 Å². The highest BCUT2D eigenvalue weighted by Crippen LogP contribution is 2.60. The molecule has 2 unspecified atom stereocenters. The van der Waals surface area contributed by atoms with E-state index in [-0.39, 0.29) is 11.8 Å². The number of fused-ring (bicyclic) bond motifs is 12. The normalized spacial score (nSPS) is 14.9. The number of benzene rings is 10. The monoisotopic (exact) mass is 917 g/mol. The molecule has 0 saturated carbocycles. The summed E-state index contributed by atoms with van der Waals surface area (Å²) in [5.41, 5.74) is 22.6. The maximum Gasteiger partial charge on any atom is 0.136 e. The largest absolute Gasteiger partial charge is 0.456 e. The maximum atomic E-state index is 6.50. The van der Waals surface area contributed by atoms with Gasteiger partial charge in [0.05, 0.1) is 39.1 Å². The van der Waals surface area contributed by atoms with Gasteiger partial charge in [0, 0.05) is 71.7 Å². The summed E-state index contributed by atoms with van der Waals surface area (Å²) < 4.78 is 18.0. The van der Waals surface area contributed by atoms with E-state index in [2.05, 4.69) is 209 Å². The van der Waals surface area contributed by atoms with E-state index in [0.717, 1.165) is 77.6 Å². The fourth-order valence-corrected chi connectivity index (χ4v) is 13.4. The molecular formula is C67H39N3O2. The average molecular weight is 918 g/mol. The Labute approximate surface area is 412 Å². The maximum absolute atomic E-state index is 6.50. The van der Waals surface area contributed by atoms with Gasteiger partial charge in [-0.3, -0.25) is 0 Å². The molecule has 15 aromatic rings. The van der Waals surface area contributed by atoms with Crippen LogP contribution < -0.4 is 0 Å². The van der Waals surface area contributed by atoms with Crippen molar-refractivity contribution in [2.75, 3.05) is 0 Å². The molecule has 3 aliphatic carbocycles. The Morgan fingerprint density at radius 3 is 1.31 bits per heavy atom. The van der Waals surface area contributed by atoms with Crippen molar-refractivity contribution in [1.82, 2.24) is 14.1 Å². The second kappa shape index (κ2) is 14.1. The number of hydrogen-bond acceptors (Lipinski definition) is 3.